The zero-order chi connectivity index (χ0) is 13.9. The summed E-state index contributed by atoms with van der Waals surface area (Å²) in [6.07, 6.45) is 0.940. The fourth-order valence-electron chi connectivity index (χ4n) is 2.88. The maximum atomic E-state index is 12.3. The van der Waals surface area contributed by atoms with Crippen LogP contribution < -0.4 is 5.32 Å². The Morgan fingerprint density at radius 2 is 2.06 bits per heavy atom. The quantitative estimate of drug-likeness (QED) is 0.774. The third-order valence-electron chi connectivity index (χ3n) is 3.20. The lowest BCUT2D eigenvalue weighted by Gasteiger charge is -2.32. The van der Waals surface area contributed by atoms with E-state index in [-0.39, 0.29) is 17.4 Å². The van der Waals surface area contributed by atoms with Crippen LogP contribution in [0.5, 0.6) is 0 Å². The van der Waals surface area contributed by atoms with Gasteiger partial charge in [0.15, 0.2) is 0 Å². The van der Waals surface area contributed by atoms with Crippen molar-refractivity contribution in [2.45, 2.75) is 46.2 Å². The van der Waals surface area contributed by atoms with E-state index in [1.165, 1.54) is 0 Å². The Hall–Kier alpha value is -0.610. The van der Waals surface area contributed by atoms with Gasteiger partial charge in [-0.2, -0.15) is 0 Å². The second-order valence-electron chi connectivity index (χ2n) is 6.82. The lowest BCUT2D eigenvalue weighted by molar-refractivity contribution is -0.130. The number of nitrogens with one attached hydrogen (secondary N) is 1. The highest BCUT2D eigenvalue weighted by Gasteiger charge is 2.34. The standard InChI is InChI=1S/C14H29N3O/c1-11(2)15-12-7-8-17(13(12)18)10-14(3,4)9-16(5)6/h11-12,15H,7-10H2,1-6H3. The number of hydrogen-bond acceptors (Lipinski definition) is 3. The molecule has 0 aromatic carbocycles. The van der Waals surface area contributed by atoms with Gasteiger partial charge >= 0.3 is 0 Å². The summed E-state index contributed by atoms with van der Waals surface area (Å²) in [5.41, 5.74) is 0.145. The van der Waals surface area contributed by atoms with E-state index < -0.39 is 0 Å². The third kappa shape index (κ3) is 4.58. The predicted molar refractivity (Wildman–Crippen MR) is 75.6 cm³/mol. The van der Waals surface area contributed by atoms with Gasteiger partial charge in [-0.1, -0.05) is 27.7 Å². The number of rotatable bonds is 6. The summed E-state index contributed by atoms with van der Waals surface area (Å²) in [5.74, 6) is 0.274. The molecule has 0 radical (unpaired) electrons. The number of carbonyl (C=O) groups is 1. The summed E-state index contributed by atoms with van der Waals surface area (Å²) in [4.78, 5) is 16.5. The van der Waals surface area contributed by atoms with Crippen LogP contribution in [0.2, 0.25) is 0 Å². The first-order valence-corrected chi connectivity index (χ1v) is 6.91. The number of amides is 1. The molecule has 0 saturated carbocycles. The molecule has 1 aliphatic heterocycles. The van der Waals surface area contributed by atoms with E-state index in [2.05, 4.69) is 52.0 Å². The molecule has 1 unspecified atom stereocenters. The molecule has 18 heavy (non-hydrogen) atoms. The fraction of sp³-hybridized carbons (Fsp3) is 0.929. The van der Waals surface area contributed by atoms with Crippen LogP contribution in [0.15, 0.2) is 0 Å². The molecule has 4 nitrogen and oxygen atoms in total. The summed E-state index contributed by atoms with van der Waals surface area (Å²) in [6.45, 7) is 11.4. The summed E-state index contributed by atoms with van der Waals surface area (Å²) in [7, 11) is 4.16. The minimum atomic E-state index is 0.0279. The van der Waals surface area contributed by atoms with Gasteiger partial charge in [-0.05, 0) is 25.9 Å². The number of carbonyl (C=O) groups excluding carboxylic acids is 1. The van der Waals surface area contributed by atoms with Gasteiger partial charge in [-0.3, -0.25) is 4.79 Å². The van der Waals surface area contributed by atoms with Gasteiger partial charge in [0.1, 0.15) is 0 Å². The third-order valence-corrected chi connectivity index (χ3v) is 3.20. The van der Waals surface area contributed by atoms with E-state index in [1.54, 1.807) is 0 Å². The van der Waals surface area contributed by atoms with Crippen molar-refractivity contribution in [3.05, 3.63) is 0 Å². The second kappa shape index (κ2) is 6.02. The zero-order valence-corrected chi connectivity index (χ0v) is 12.8. The molecule has 1 fully saturated rings. The van der Waals surface area contributed by atoms with Gasteiger partial charge in [0.25, 0.3) is 0 Å². The van der Waals surface area contributed by atoms with Crippen molar-refractivity contribution >= 4 is 5.91 Å². The zero-order valence-electron chi connectivity index (χ0n) is 12.8. The average Bonchev–Trinajstić information content (AvgIpc) is 2.46. The molecule has 106 valence electrons. The van der Waals surface area contributed by atoms with Gasteiger partial charge in [0.2, 0.25) is 5.91 Å². The van der Waals surface area contributed by atoms with Crippen LogP contribution in [0.4, 0.5) is 0 Å². The van der Waals surface area contributed by atoms with Crippen LogP contribution in [0.3, 0.4) is 0 Å². The van der Waals surface area contributed by atoms with E-state index >= 15 is 0 Å². The van der Waals surface area contributed by atoms with Crippen LogP contribution in [0, 0.1) is 5.41 Å². The first kappa shape index (κ1) is 15.4. The molecule has 1 amide bonds. The van der Waals surface area contributed by atoms with Crippen LogP contribution in [-0.4, -0.2) is 61.5 Å². The number of hydrogen-bond donors (Lipinski definition) is 1. The molecule has 0 bridgehead atoms. The molecule has 0 aromatic rings. The lowest BCUT2D eigenvalue weighted by Crippen LogP contribution is -2.45. The van der Waals surface area contributed by atoms with Crippen LogP contribution >= 0.6 is 0 Å². The van der Waals surface area contributed by atoms with Gasteiger partial charge in [0, 0.05) is 25.7 Å². The molecule has 1 aliphatic rings. The van der Waals surface area contributed by atoms with Crippen molar-refractivity contribution in [2.75, 3.05) is 33.7 Å². The van der Waals surface area contributed by atoms with Crippen molar-refractivity contribution in [3.8, 4) is 0 Å². The number of likely N-dealkylation sites (tertiary alicyclic amines) is 1. The monoisotopic (exact) mass is 255 g/mol. The van der Waals surface area contributed by atoms with E-state index in [0.29, 0.717) is 6.04 Å². The maximum absolute atomic E-state index is 12.3. The fourth-order valence-corrected chi connectivity index (χ4v) is 2.88. The second-order valence-corrected chi connectivity index (χ2v) is 6.82. The molecule has 1 saturated heterocycles. The van der Waals surface area contributed by atoms with Gasteiger partial charge in [-0.25, -0.2) is 0 Å². The highest BCUT2D eigenvalue weighted by atomic mass is 16.2. The van der Waals surface area contributed by atoms with E-state index in [1.807, 2.05) is 4.90 Å². The topological polar surface area (TPSA) is 35.6 Å². The molecule has 0 spiro atoms. The Balaban J connectivity index is 2.52. The van der Waals surface area contributed by atoms with E-state index in [9.17, 15) is 4.79 Å². The van der Waals surface area contributed by atoms with Crippen LogP contribution in [0.25, 0.3) is 0 Å². The van der Waals surface area contributed by atoms with Gasteiger partial charge in [0.05, 0.1) is 6.04 Å². The van der Waals surface area contributed by atoms with E-state index in [4.69, 9.17) is 0 Å². The Bertz CT molecular complexity index is 287. The van der Waals surface area contributed by atoms with Crippen molar-refractivity contribution in [3.63, 3.8) is 0 Å². The van der Waals surface area contributed by atoms with Crippen molar-refractivity contribution in [1.29, 1.82) is 0 Å². The molecule has 1 heterocycles. The van der Waals surface area contributed by atoms with Crippen molar-refractivity contribution < 1.29 is 4.79 Å². The van der Waals surface area contributed by atoms with Gasteiger partial charge < -0.3 is 15.1 Å². The first-order valence-electron chi connectivity index (χ1n) is 6.91. The summed E-state index contributed by atoms with van der Waals surface area (Å²) in [5, 5.41) is 3.35. The lowest BCUT2D eigenvalue weighted by atomic mass is 9.92. The minimum Gasteiger partial charge on any atom is -0.341 e. The largest absolute Gasteiger partial charge is 0.341 e. The predicted octanol–water partition coefficient (Wildman–Crippen LogP) is 1.17. The van der Waals surface area contributed by atoms with Gasteiger partial charge in [-0.15, -0.1) is 0 Å². The van der Waals surface area contributed by atoms with Crippen molar-refractivity contribution in [2.24, 2.45) is 5.41 Å². The molecule has 1 N–H and O–H groups in total. The highest BCUT2D eigenvalue weighted by Crippen LogP contribution is 2.22. The normalized spacial score (nSPS) is 21.4. The van der Waals surface area contributed by atoms with Crippen LogP contribution in [-0.2, 0) is 4.79 Å². The minimum absolute atomic E-state index is 0.0279. The SMILES string of the molecule is CC(C)NC1CCN(CC(C)(C)CN(C)C)C1=O. The Morgan fingerprint density at radius 1 is 1.44 bits per heavy atom. The summed E-state index contributed by atoms with van der Waals surface area (Å²) >= 11 is 0. The molecular weight excluding hydrogens is 226 g/mol. The number of nitrogens with zero attached hydrogens (tertiary/aromatic N) is 2. The Labute approximate surface area is 112 Å². The molecule has 1 rings (SSSR count). The smallest absolute Gasteiger partial charge is 0.239 e. The molecule has 0 aliphatic carbocycles. The summed E-state index contributed by atoms with van der Waals surface area (Å²) in [6, 6.07) is 0.397. The average molecular weight is 255 g/mol. The van der Waals surface area contributed by atoms with E-state index in [0.717, 1.165) is 26.1 Å². The summed E-state index contributed by atoms with van der Waals surface area (Å²) < 4.78 is 0. The Kier molecular flexibility index (Phi) is 5.17. The molecule has 0 aromatic heterocycles. The van der Waals surface area contributed by atoms with Crippen LogP contribution in [0.1, 0.15) is 34.1 Å². The first-order chi connectivity index (χ1) is 8.21. The molecular formula is C14H29N3O. The highest BCUT2D eigenvalue weighted by molar-refractivity contribution is 5.84. The Morgan fingerprint density at radius 3 is 2.56 bits per heavy atom. The molecule has 4 heteroatoms. The van der Waals surface area contributed by atoms with Crippen molar-refractivity contribution in [1.82, 2.24) is 15.1 Å². The molecule has 1 atom stereocenters. The maximum Gasteiger partial charge on any atom is 0.239 e.